The lowest BCUT2D eigenvalue weighted by Gasteiger charge is -2.16. The Labute approximate surface area is 166 Å². The van der Waals surface area contributed by atoms with E-state index in [2.05, 4.69) is 26.7 Å². The van der Waals surface area contributed by atoms with E-state index in [0.717, 1.165) is 16.8 Å². The van der Waals surface area contributed by atoms with Crippen LogP contribution in [-0.4, -0.2) is 30.0 Å². The second-order valence-corrected chi connectivity index (χ2v) is 7.31. The van der Waals surface area contributed by atoms with E-state index in [4.69, 9.17) is 9.47 Å². The summed E-state index contributed by atoms with van der Waals surface area (Å²) in [6.07, 6.45) is 11.7. The number of methoxy groups -OCH3 is 2. The van der Waals surface area contributed by atoms with E-state index in [-0.39, 0.29) is 0 Å². The molecule has 1 fully saturated rings. The Kier molecular flexibility index (Phi) is 5.60. The van der Waals surface area contributed by atoms with Gasteiger partial charge < -0.3 is 14.0 Å². The van der Waals surface area contributed by atoms with E-state index < -0.39 is 0 Å². The normalized spacial score (nSPS) is 15.8. The second kappa shape index (κ2) is 8.46. The average molecular weight is 377 g/mol. The van der Waals surface area contributed by atoms with Crippen LogP contribution in [0.3, 0.4) is 0 Å². The van der Waals surface area contributed by atoms with E-state index in [9.17, 15) is 0 Å². The van der Waals surface area contributed by atoms with Gasteiger partial charge in [0.15, 0.2) is 11.5 Å². The molecule has 1 aliphatic carbocycles. The van der Waals surface area contributed by atoms with Gasteiger partial charge in [0.05, 0.1) is 37.3 Å². The highest BCUT2D eigenvalue weighted by atomic mass is 16.5. The molecule has 3 aromatic rings. The highest BCUT2D eigenvalue weighted by Gasteiger charge is 2.16. The summed E-state index contributed by atoms with van der Waals surface area (Å²) < 4.78 is 13.2. The number of ether oxygens (including phenoxy) is 2. The van der Waals surface area contributed by atoms with Gasteiger partial charge in [0.1, 0.15) is 0 Å². The second-order valence-electron chi connectivity index (χ2n) is 7.31. The Balaban J connectivity index is 1.60. The van der Waals surface area contributed by atoms with Gasteiger partial charge in [-0.1, -0.05) is 31.7 Å². The summed E-state index contributed by atoms with van der Waals surface area (Å²) in [6.45, 7) is 0. The van der Waals surface area contributed by atoms with Crippen LogP contribution in [0.1, 0.15) is 50.1 Å². The van der Waals surface area contributed by atoms with Gasteiger partial charge in [-0.2, -0.15) is 0 Å². The standard InChI is InChI=1S/C23H27N3O2/c1-27-22-11-7-8-17(23(22)28-2)15-24-18-12-13-21-20(14-18)25-16-26(21)19-9-5-3-4-6-10-19/h7-8,11-16,19H,3-6,9-10H2,1-2H3. The minimum absolute atomic E-state index is 0.572. The molecule has 0 unspecified atom stereocenters. The van der Waals surface area contributed by atoms with Crippen LogP contribution in [0, 0.1) is 0 Å². The lowest BCUT2D eigenvalue weighted by Crippen LogP contribution is -2.06. The molecular weight excluding hydrogens is 350 g/mol. The van der Waals surface area contributed by atoms with Crippen LogP contribution in [0.4, 0.5) is 5.69 Å². The fourth-order valence-corrected chi connectivity index (χ4v) is 4.09. The number of benzene rings is 2. The van der Waals surface area contributed by atoms with Gasteiger partial charge in [0.2, 0.25) is 0 Å². The third-order valence-electron chi connectivity index (χ3n) is 5.56. The maximum Gasteiger partial charge on any atom is 0.169 e. The molecule has 1 heterocycles. The monoisotopic (exact) mass is 377 g/mol. The van der Waals surface area contributed by atoms with Gasteiger partial charge in [-0.05, 0) is 43.2 Å². The molecule has 0 atom stereocenters. The van der Waals surface area contributed by atoms with E-state index in [0.29, 0.717) is 17.5 Å². The van der Waals surface area contributed by atoms with Crippen molar-refractivity contribution in [3.8, 4) is 11.5 Å². The fourth-order valence-electron chi connectivity index (χ4n) is 4.09. The Hall–Kier alpha value is -2.82. The number of fused-ring (bicyclic) bond motifs is 1. The van der Waals surface area contributed by atoms with E-state index in [1.54, 1.807) is 14.2 Å². The van der Waals surface area contributed by atoms with Crippen LogP contribution in [-0.2, 0) is 0 Å². The van der Waals surface area contributed by atoms with Gasteiger partial charge in [0.25, 0.3) is 0 Å². The molecule has 1 aromatic heterocycles. The zero-order valence-electron chi connectivity index (χ0n) is 16.6. The van der Waals surface area contributed by atoms with Crippen molar-refractivity contribution in [2.45, 2.75) is 44.6 Å². The predicted octanol–water partition coefficient (Wildman–Crippen LogP) is 5.70. The molecule has 28 heavy (non-hydrogen) atoms. The zero-order chi connectivity index (χ0) is 19.3. The highest BCUT2D eigenvalue weighted by molar-refractivity contribution is 5.88. The minimum atomic E-state index is 0.572. The van der Waals surface area contributed by atoms with Crippen LogP contribution < -0.4 is 9.47 Å². The minimum Gasteiger partial charge on any atom is -0.493 e. The Morgan fingerprint density at radius 1 is 1.04 bits per heavy atom. The lowest BCUT2D eigenvalue weighted by molar-refractivity contribution is 0.354. The average Bonchev–Trinajstić information content (AvgIpc) is 2.96. The number of aromatic nitrogens is 2. The van der Waals surface area contributed by atoms with Gasteiger partial charge in [-0.3, -0.25) is 4.99 Å². The molecule has 4 rings (SSSR count). The molecule has 0 aliphatic heterocycles. The smallest absolute Gasteiger partial charge is 0.169 e. The first-order valence-electron chi connectivity index (χ1n) is 10.0. The zero-order valence-corrected chi connectivity index (χ0v) is 16.6. The summed E-state index contributed by atoms with van der Waals surface area (Å²) in [5, 5.41) is 0. The molecule has 1 saturated carbocycles. The van der Waals surface area contributed by atoms with Crippen molar-refractivity contribution in [1.29, 1.82) is 0 Å². The van der Waals surface area contributed by atoms with Crippen molar-refractivity contribution >= 4 is 22.9 Å². The summed E-state index contributed by atoms with van der Waals surface area (Å²) in [6, 6.07) is 12.6. The molecule has 0 N–H and O–H groups in total. The van der Waals surface area contributed by atoms with E-state index >= 15 is 0 Å². The van der Waals surface area contributed by atoms with Crippen molar-refractivity contribution < 1.29 is 9.47 Å². The molecule has 2 aromatic carbocycles. The highest BCUT2D eigenvalue weighted by Crippen LogP contribution is 2.32. The number of nitrogens with zero attached hydrogens (tertiary/aromatic N) is 3. The topological polar surface area (TPSA) is 48.6 Å². The first-order valence-corrected chi connectivity index (χ1v) is 10.0. The molecule has 5 heteroatoms. The summed E-state index contributed by atoms with van der Waals surface area (Å²) in [7, 11) is 3.28. The Bertz CT molecular complexity index is 969. The summed E-state index contributed by atoms with van der Waals surface area (Å²) in [4.78, 5) is 9.28. The number of aliphatic imine (C=N–C) groups is 1. The lowest BCUT2D eigenvalue weighted by atomic mass is 10.1. The first-order chi connectivity index (χ1) is 13.8. The molecule has 5 nitrogen and oxygen atoms in total. The third-order valence-corrected chi connectivity index (χ3v) is 5.56. The number of hydrogen-bond acceptors (Lipinski definition) is 4. The number of imidazole rings is 1. The Morgan fingerprint density at radius 2 is 1.86 bits per heavy atom. The van der Waals surface area contributed by atoms with Crippen molar-refractivity contribution in [1.82, 2.24) is 9.55 Å². The van der Waals surface area contributed by atoms with Crippen LogP contribution in [0.25, 0.3) is 11.0 Å². The summed E-state index contributed by atoms with van der Waals surface area (Å²) in [5.41, 5.74) is 3.95. The number of para-hydroxylation sites is 1. The summed E-state index contributed by atoms with van der Waals surface area (Å²) in [5.74, 6) is 1.39. The molecule has 0 radical (unpaired) electrons. The molecule has 0 saturated heterocycles. The maximum atomic E-state index is 5.47. The number of hydrogen-bond donors (Lipinski definition) is 0. The molecular formula is C23H27N3O2. The molecule has 0 bridgehead atoms. The van der Waals surface area contributed by atoms with Crippen molar-refractivity contribution in [2.24, 2.45) is 4.99 Å². The third kappa shape index (κ3) is 3.75. The molecule has 0 amide bonds. The first kappa shape index (κ1) is 18.5. The molecule has 1 aliphatic rings. The predicted molar refractivity (Wildman–Crippen MR) is 113 cm³/mol. The van der Waals surface area contributed by atoms with Crippen molar-refractivity contribution in [3.63, 3.8) is 0 Å². The largest absolute Gasteiger partial charge is 0.493 e. The van der Waals surface area contributed by atoms with Crippen molar-refractivity contribution in [2.75, 3.05) is 14.2 Å². The van der Waals surface area contributed by atoms with Gasteiger partial charge in [-0.15, -0.1) is 0 Å². The van der Waals surface area contributed by atoms with Gasteiger partial charge >= 0.3 is 0 Å². The van der Waals surface area contributed by atoms with Gasteiger partial charge in [-0.25, -0.2) is 4.98 Å². The maximum absolute atomic E-state index is 5.47. The van der Waals surface area contributed by atoms with E-state index in [1.807, 2.05) is 36.8 Å². The Morgan fingerprint density at radius 3 is 2.61 bits per heavy atom. The summed E-state index contributed by atoms with van der Waals surface area (Å²) >= 11 is 0. The van der Waals surface area contributed by atoms with Crippen LogP contribution in [0.5, 0.6) is 11.5 Å². The van der Waals surface area contributed by atoms with Crippen LogP contribution in [0.2, 0.25) is 0 Å². The quantitative estimate of drug-likeness (QED) is 0.423. The SMILES string of the molecule is COc1cccc(C=Nc2ccc3c(c2)ncn3C2CCCCCC2)c1OC. The fraction of sp³-hybridized carbons (Fsp3) is 0.391. The van der Waals surface area contributed by atoms with Gasteiger partial charge in [0, 0.05) is 17.8 Å². The van der Waals surface area contributed by atoms with Crippen molar-refractivity contribution in [3.05, 3.63) is 48.3 Å². The number of rotatable bonds is 5. The van der Waals surface area contributed by atoms with Crippen LogP contribution >= 0.6 is 0 Å². The van der Waals surface area contributed by atoms with E-state index in [1.165, 1.54) is 44.0 Å². The molecule has 146 valence electrons. The molecule has 0 spiro atoms. The van der Waals surface area contributed by atoms with Crippen LogP contribution in [0.15, 0.2) is 47.7 Å².